The summed E-state index contributed by atoms with van der Waals surface area (Å²) in [5, 5.41) is 0.571. The largest absolute Gasteiger partial charge is 0.454 e. The van der Waals surface area contributed by atoms with Crippen LogP contribution in [-0.4, -0.2) is 18.1 Å². The molecule has 0 aliphatic carbocycles. The summed E-state index contributed by atoms with van der Waals surface area (Å²) in [5.41, 5.74) is 1.23. The highest BCUT2D eigenvalue weighted by Crippen LogP contribution is 2.37. The predicted octanol–water partition coefficient (Wildman–Crippen LogP) is 6.52. The number of aryl methyl sites for hydroxylation is 1. The zero-order valence-electron chi connectivity index (χ0n) is 17.3. The molecule has 2 atom stereocenters. The number of nitrogens with zero attached hydrogens (tertiary/aromatic N) is 1. The number of carbonyl (C=O) groups is 1. The lowest BCUT2D eigenvalue weighted by Gasteiger charge is -2.20. The van der Waals surface area contributed by atoms with E-state index in [-0.39, 0.29) is 0 Å². The van der Waals surface area contributed by atoms with Crippen molar-refractivity contribution in [3.8, 4) is 10.6 Å². The smallest absolute Gasteiger partial charge is 0.416 e. The van der Waals surface area contributed by atoms with Gasteiger partial charge in [-0.1, -0.05) is 49.4 Å². The van der Waals surface area contributed by atoms with Gasteiger partial charge in [-0.15, -0.1) is 11.3 Å². The van der Waals surface area contributed by atoms with E-state index in [1.807, 2.05) is 25.1 Å². The summed E-state index contributed by atoms with van der Waals surface area (Å²) in [5.74, 6) is -0.510. The van der Waals surface area contributed by atoms with Gasteiger partial charge >= 0.3 is 12.1 Å². The Labute approximate surface area is 182 Å². The standard InChI is InChI=1S/C23H22F3NO3S/c1-4-18(30-22(28)19(29-3)15-8-6-5-7-9-15)20-14(2)27-21(31-20)16-10-12-17(13-11-16)23(24,25)26/h5-13,18-19H,4H2,1-3H3. The van der Waals surface area contributed by atoms with Gasteiger partial charge in [0.15, 0.2) is 6.10 Å². The summed E-state index contributed by atoms with van der Waals surface area (Å²) in [6, 6.07) is 13.9. The van der Waals surface area contributed by atoms with Gasteiger partial charge in [-0.3, -0.25) is 0 Å². The maximum Gasteiger partial charge on any atom is 0.416 e. The summed E-state index contributed by atoms with van der Waals surface area (Å²) >= 11 is 1.31. The van der Waals surface area contributed by atoms with Crippen LogP contribution in [0.5, 0.6) is 0 Å². The molecular formula is C23H22F3NO3S. The van der Waals surface area contributed by atoms with Gasteiger partial charge in [-0.2, -0.15) is 13.2 Å². The topological polar surface area (TPSA) is 48.4 Å². The molecular weight excluding hydrogens is 427 g/mol. The van der Waals surface area contributed by atoms with Crippen LogP contribution in [0, 0.1) is 6.92 Å². The Kier molecular flexibility index (Phi) is 7.12. The minimum atomic E-state index is -4.39. The number of aromatic nitrogens is 1. The van der Waals surface area contributed by atoms with Crippen LogP contribution >= 0.6 is 11.3 Å². The number of methoxy groups -OCH3 is 1. The number of carbonyl (C=O) groups excluding carboxylic acids is 1. The maximum absolute atomic E-state index is 12.8. The number of benzene rings is 2. The van der Waals surface area contributed by atoms with Gasteiger partial charge in [0.25, 0.3) is 0 Å². The van der Waals surface area contributed by atoms with Gasteiger partial charge in [-0.25, -0.2) is 9.78 Å². The van der Waals surface area contributed by atoms with Crippen molar-refractivity contribution in [2.24, 2.45) is 0 Å². The highest BCUT2D eigenvalue weighted by molar-refractivity contribution is 7.15. The Hall–Kier alpha value is -2.71. The Morgan fingerprint density at radius 3 is 2.29 bits per heavy atom. The monoisotopic (exact) mass is 449 g/mol. The van der Waals surface area contributed by atoms with Crippen LogP contribution in [0.15, 0.2) is 54.6 Å². The minimum Gasteiger partial charge on any atom is -0.454 e. The van der Waals surface area contributed by atoms with Crippen molar-refractivity contribution in [3.63, 3.8) is 0 Å². The molecule has 1 heterocycles. The summed E-state index contributed by atoms with van der Waals surface area (Å²) in [7, 11) is 1.44. The zero-order valence-corrected chi connectivity index (χ0v) is 18.1. The molecule has 0 bridgehead atoms. The lowest BCUT2D eigenvalue weighted by Crippen LogP contribution is -2.20. The van der Waals surface area contributed by atoms with E-state index in [1.54, 1.807) is 19.1 Å². The van der Waals surface area contributed by atoms with Crippen molar-refractivity contribution < 1.29 is 27.4 Å². The number of halogens is 3. The Morgan fingerprint density at radius 2 is 1.74 bits per heavy atom. The Balaban J connectivity index is 1.81. The highest BCUT2D eigenvalue weighted by Gasteiger charge is 2.30. The first-order chi connectivity index (χ1) is 14.7. The molecule has 31 heavy (non-hydrogen) atoms. The molecule has 4 nitrogen and oxygen atoms in total. The van der Waals surface area contributed by atoms with Crippen LogP contribution < -0.4 is 0 Å². The van der Waals surface area contributed by atoms with Crippen molar-refractivity contribution in [1.29, 1.82) is 0 Å². The van der Waals surface area contributed by atoms with Crippen LogP contribution in [0.2, 0.25) is 0 Å². The van der Waals surface area contributed by atoms with Gasteiger partial charge < -0.3 is 9.47 Å². The fourth-order valence-corrected chi connectivity index (χ4v) is 4.34. The first-order valence-electron chi connectivity index (χ1n) is 9.67. The second-order valence-corrected chi connectivity index (χ2v) is 7.93. The molecule has 0 aliphatic heterocycles. The summed E-state index contributed by atoms with van der Waals surface area (Å²) < 4.78 is 49.5. The molecule has 3 rings (SSSR count). The third-order valence-electron chi connectivity index (χ3n) is 4.77. The second-order valence-electron chi connectivity index (χ2n) is 6.90. The molecule has 0 saturated carbocycles. The van der Waals surface area contributed by atoms with E-state index in [4.69, 9.17) is 9.47 Å². The first kappa shape index (κ1) is 23.0. The van der Waals surface area contributed by atoms with Crippen LogP contribution in [0.1, 0.15) is 47.3 Å². The van der Waals surface area contributed by atoms with Gasteiger partial charge in [0.2, 0.25) is 0 Å². The molecule has 0 N–H and O–H groups in total. The lowest BCUT2D eigenvalue weighted by atomic mass is 10.1. The number of thiazole rings is 1. The molecule has 3 aromatic rings. The van der Waals surface area contributed by atoms with Gasteiger partial charge in [0.05, 0.1) is 16.1 Å². The Morgan fingerprint density at radius 1 is 1.10 bits per heavy atom. The van der Waals surface area contributed by atoms with Crippen LogP contribution in [0.3, 0.4) is 0 Å². The number of alkyl halides is 3. The summed E-state index contributed by atoms with van der Waals surface area (Å²) in [4.78, 5) is 18.0. The molecule has 0 spiro atoms. The van der Waals surface area contributed by atoms with E-state index in [0.29, 0.717) is 28.2 Å². The van der Waals surface area contributed by atoms with E-state index in [0.717, 1.165) is 17.0 Å². The van der Waals surface area contributed by atoms with Crippen LogP contribution in [0.4, 0.5) is 13.2 Å². The quantitative estimate of drug-likeness (QED) is 0.385. The van der Waals surface area contributed by atoms with E-state index >= 15 is 0 Å². The van der Waals surface area contributed by atoms with Crippen molar-refractivity contribution >= 4 is 17.3 Å². The average molecular weight is 449 g/mol. The predicted molar refractivity (Wildman–Crippen MR) is 113 cm³/mol. The second kappa shape index (κ2) is 9.62. The third kappa shape index (κ3) is 5.32. The van der Waals surface area contributed by atoms with Crippen molar-refractivity contribution in [2.45, 2.75) is 38.7 Å². The fraction of sp³-hybridized carbons (Fsp3) is 0.304. The van der Waals surface area contributed by atoms with E-state index in [1.165, 1.54) is 30.6 Å². The lowest BCUT2D eigenvalue weighted by molar-refractivity contribution is -0.162. The normalized spacial score (nSPS) is 13.6. The van der Waals surface area contributed by atoms with Crippen LogP contribution in [0.25, 0.3) is 10.6 Å². The molecule has 8 heteroatoms. The fourth-order valence-electron chi connectivity index (χ4n) is 3.15. The summed E-state index contributed by atoms with van der Waals surface area (Å²) in [6.07, 6.45) is -5.25. The summed E-state index contributed by atoms with van der Waals surface area (Å²) in [6.45, 7) is 3.68. The number of esters is 1. The zero-order chi connectivity index (χ0) is 22.6. The van der Waals surface area contributed by atoms with E-state index in [9.17, 15) is 18.0 Å². The molecule has 0 radical (unpaired) electrons. The first-order valence-corrected chi connectivity index (χ1v) is 10.5. The van der Waals surface area contributed by atoms with Crippen LogP contribution in [-0.2, 0) is 20.4 Å². The Bertz CT molecular complexity index is 1020. The SMILES string of the molecule is CCC(OC(=O)C(OC)c1ccccc1)c1sc(-c2ccc(C(F)(F)F)cc2)nc1C. The molecule has 0 amide bonds. The minimum absolute atomic E-state index is 0.510. The van der Waals surface area contributed by atoms with E-state index in [2.05, 4.69) is 4.98 Å². The third-order valence-corrected chi connectivity index (χ3v) is 6.06. The number of hydrogen-bond donors (Lipinski definition) is 0. The molecule has 1 aromatic heterocycles. The maximum atomic E-state index is 12.8. The average Bonchev–Trinajstić information content (AvgIpc) is 3.14. The van der Waals surface area contributed by atoms with Gasteiger partial charge in [0.1, 0.15) is 11.1 Å². The van der Waals surface area contributed by atoms with Crippen molar-refractivity contribution in [3.05, 3.63) is 76.3 Å². The number of ether oxygens (including phenoxy) is 2. The molecule has 164 valence electrons. The molecule has 0 fully saturated rings. The van der Waals surface area contributed by atoms with E-state index < -0.39 is 29.9 Å². The number of hydrogen-bond acceptors (Lipinski definition) is 5. The molecule has 2 aromatic carbocycles. The van der Waals surface area contributed by atoms with Crippen molar-refractivity contribution in [2.75, 3.05) is 7.11 Å². The molecule has 2 unspecified atom stereocenters. The molecule has 0 aliphatic rings. The highest BCUT2D eigenvalue weighted by atomic mass is 32.1. The van der Waals surface area contributed by atoms with Gasteiger partial charge in [-0.05, 0) is 31.0 Å². The van der Waals surface area contributed by atoms with Crippen molar-refractivity contribution in [1.82, 2.24) is 4.98 Å². The van der Waals surface area contributed by atoms with Gasteiger partial charge in [0, 0.05) is 12.7 Å². The molecule has 0 saturated heterocycles. The number of rotatable bonds is 7.